The summed E-state index contributed by atoms with van der Waals surface area (Å²) in [7, 11) is 4.59. The lowest BCUT2D eigenvalue weighted by atomic mass is 9.77. The highest BCUT2D eigenvalue weighted by atomic mass is 16.6. The van der Waals surface area contributed by atoms with E-state index in [0.29, 0.717) is 23.5 Å². The minimum Gasteiger partial charge on any atom is -0.493 e. The molecule has 0 amide bonds. The summed E-state index contributed by atoms with van der Waals surface area (Å²) >= 11 is 0. The second kappa shape index (κ2) is 8.67. The number of carbonyl (C=O) groups excluding carboxylic acids is 1. The maximum absolute atomic E-state index is 12.3. The smallest absolute Gasteiger partial charge is 0.337 e. The van der Waals surface area contributed by atoms with Gasteiger partial charge in [-0.05, 0) is 17.7 Å². The number of esters is 1. The van der Waals surface area contributed by atoms with Gasteiger partial charge in [0.1, 0.15) is 6.04 Å². The van der Waals surface area contributed by atoms with Gasteiger partial charge < -0.3 is 29.4 Å². The number of rotatable bonds is 6. The maximum Gasteiger partial charge on any atom is 0.337 e. The number of fused-ring (bicyclic) bond motifs is 1. The Labute approximate surface area is 164 Å². The van der Waals surface area contributed by atoms with Crippen molar-refractivity contribution in [3.05, 3.63) is 47.7 Å². The zero-order valence-corrected chi connectivity index (χ0v) is 16.5. The van der Waals surface area contributed by atoms with Crippen molar-refractivity contribution in [2.24, 2.45) is 11.8 Å². The topological polar surface area (TPSA) is 90.8 Å². The average Bonchev–Trinajstić information content (AvgIpc) is 2.72. The third-order valence-electron chi connectivity index (χ3n) is 5.64. The van der Waals surface area contributed by atoms with Crippen LogP contribution in [-0.4, -0.2) is 45.2 Å². The average molecular weight is 390 g/mol. The Morgan fingerprint density at radius 1 is 1.32 bits per heavy atom. The summed E-state index contributed by atoms with van der Waals surface area (Å²) in [5.74, 6) is 0.263. The van der Waals surface area contributed by atoms with Gasteiger partial charge in [-0.3, -0.25) is 0 Å². The predicted octanol–water partition coefficient (Wildman–Crippen LogP) is 1.08. The van der Waals surface area contributed by atoms with E-state index in [9.17, 15) is 9.90 Å². The molecule has 7 heteroatoms. The zero-order valence-electron chi connectivity index (χ0n) is 16.5. The molecule has 28 heavy (non-hydrogen) atoms. The van der Waals surface area contributed by atoms with Crippen molar-refractivity contribution in [3.8, 4) is 11.5 Å². The first-order valence-electron chi connectivity index (χ1n) is 9.36. The molecule has 1 aromatic carbocycles. The fraction of sp³-hybridized carbons (Fsp3) is 0.476. The van der Waals surface area contributed by atoms with Crippen LogP contribution in [0.1, 0.15) is 23.6 Å². The molecule has 0 fully saturated rings. The van der Waals surface area contributed by atoms with Crippen LogP contribution in [0.2, 0.25) is 0 Å². The fourth-order valence-electron chi connectivity index (χ4n) is 4.17. The summed E-state index contributed by atoms with van der Waals surface area (Å²) in [5, 5.41) is 12.5. The highest BCUT2D eigenvalue weighted by Gasteiger charge is 2.40. The van der Waals surface area contributed by atoms with E-state index in [1.54, 1.807) is 20.3 Å². The second-order valence-corrected chi connectivity index (χ2v) is 7.03. The van der Waals surface area contributed by atoms with Crippen LogP contribution in [0.15, 0.2) is 36.6 Å². The van der Waals surface area contributed by atoms with Gasteiger partial charge in [-0.1, -0.05) is 6.08 Å². The Morgan fingerprint density at radius 2 is 2.04 bits per heavy atom. The van der Waals surface area contributed by atoms with Crippen LogP contribution in [0.5, 0.6) is 11.5 Å². The number of ether oxygens (including phenoxy) is 4. The number of methoxy groups -OCH3 is 3. The van der Waals surface area contributed by atoms with Crippen LogP contribution in [0.3, 0.4) is 0 Å². The van der Waals surface area contributed by atoms with Crippen LogP contribution in [0.4, 0.5) is 0 Å². The van der Waals surface area contributed by atoms with E-state index >= 15 is 0 Å². The maximum atomic E-state index is 12.3. The third kappa shape index (κ3) is 3.72. The van der Waals surface area contributed by atoms with E-state index in [0.717, 1.165) is 18.5 Å². The molecule has 4 atom stereocenters. The molecule has 3 N–H and O–H groups in total. The Bertz CT molecular complexity index is 774. The molecule has 2 heterocycles. The molecule has 0 spiro atoms. The first kappa shape index (κ1) is 20.2. The first-order valence-corrected chi connectivity index (χ1v) is 9.36. The van der Waals surface area contributed by atoms with Crippen LogP contribution >= 0.6 is 0 Å². The SMILES string of the molecule is C=C[C@H]1[C@H](O)OC=C(C(=O)OC)[C@H]1C[C@@H]1[NH2+]CCc2cc(OC)c(OC)cc21. The van der Waals surface area contributed by atoms with E-state index < -0.39 is 18.2 Å². The predicted molar refractivity (Wildman–Crippen MR) is 102 cm³/mol. The molecule has 1 aromatic rings. The summed E-state index contributed by atoms with van der Waals surface area (Å²) in [6.07, 6.45) is 3.47. The van der Waals surface area contributed by atoms with Crippen molar-refractivity contribution in [1.82, 2.24) is 0 Å². The number of carbonyl (C=O) groups is 1. The Morgan fingerprint density at radius 3 is 2.68 bits per heavy atom. The van der Waals surface area contributed by atoms with Crippen molar-refractivity contribution >= 4 is 5.97 Å². The van der Waals surface area contributed by atoms with Gasteiger partial charge in [0.05, 0.1) is 39.7 Å². The van der Waals surface area contributed by atoms with Gasteiger partial charge in [0.15, 0.2) is 11.5 Å². The summed E-state index contributed by atoms with van der Waals surface area (Å²) < 4.78 is 21.1. The highest BCUT2D eigenvalue weighted by molar-refractivity contribution is 5.89. The number of hydrogen-bond donors (Lipinski definition) is 2. The van der Waals surface area contributed by atoms with Crippen LogP contribution < -0.4 is 14.8 Å². The normalized spacial score (nSPS) is 26.4. The van der Waals surface area contributed by atoms with Crippen molar-refractivity contribution in [3.63, 3.8) is 0 Å². The lowest BCUT2D eigenvalue weighted by Crippen LogP contribution is -2.87. The minimum atomic E-state index is -1.04. The Kier molecular flexibility index (Phi) is 6.26. The molecular formula is C21H28NO6+. The molecular weight excluding hydrogens is 362 g/mol. The molecule has 2 aliphatic rings. The van der Waals surface area contributed by atoms with Gasteiger partial charge in [0, 0.05) is 30.2 Å². The summed E-state index contributed by atoms with van der Waals surface area (Å²) in [5.41, 5.74) is 2.77. The van der Waals surface area contributed by atoms with Crippen LogP contribution in [0.25, 0.3) is 0 Å². The molecule has 0 unspecified atom stereocenters. The quantitative estimate of drug-likeness (QED) is 0.558. The molecule has 0 saturated carbocycles. The van der Waals surface area contributed by atoms with Gasteiger partial charge >= 0.3 is 5.97 Å². The monoisotopic (exact) mass is 390 g/mol. The highest BCUT2D eigenvalue weighted by Crippen LogP contribution is 2.40. The summed E-state index contributed by atoms with van der Waals surface area (Å²) in [4.78, 5) is 12.3. The lowest BCUT2D eigenvalue weighted by Gasteiger charge is -2.35. The van der Waals surface area contributed by atoms with Crippen LogP contribution in [-0.2, 0) is 20.7 Å². The Balaban J connectivity index is 1.96. The number of hydrogen-bond acceptors (Lipinski definition) is 6. The second-order valence-electron chi connectivity index (χ2n) is 7.03. The van der Waals surface area contributed by atoms with Crippen molar-refractivity contribution in [1.29, 1.82) is 0 Å². The van der Waals surface area contributed by atoms with Gasteiger partial charge in [-0.2, -0.15) is 0 Å². The van der Waals surface area contributed by atoms with Gasteiger partial charge in [-0.15, -0.1) is 6.58 Å². The van der Waals surface area contributed by atoms with Crippen LogP contribution in [0, 0.1) is 11.8 Å². The largest absolute Gasteiger partial charge is 0.493 e. The molecule has 0 bridgehead atoms. The molecule has 0 aromatic heterocycles. The molecule has 2 aliphatic heterocycles. The number of quaternary nitrogens is 1. The number of nitrogens with two attached hydrogens (primary N) is 1. The molecule has 152 valence electrons. The molecule has 0 saturated heterocycles. The van der Waals surface area contributed by atoms with E-state index in [4.69, 9.17) is 18.9 Å². The van der Waals surface area contributed by atoms with E-state index in [1.165, 1.54) is 18.9 Å². The van der Waals surface area contributed by atoms with Crippen molar-refractivity contribution in [2.75, 3.05) is 27.9 Å². The molecule has 7 nitrogen and oxygen atoms in total. The lowest BCUT2D eigenvalue weighted by molar-refractivity contribution is -0.700. The molecule has 3 rings (SSSR count). The van der Waals surface area contributed by atoms with E-state index in [2.05, 4.69) is 11.9 Å². The third-order valence-corrected chi connectivity index (χ3v) is 5.64. The summed E-state index contributed by atoms with van der Waals surface area (Å²) in [6.45, 7) is 4.75. The molecule has 0 radical (unpaired) electrons. The van der Waals surface area contributed by atoms with Gasteiger partial charge in [0.25, 0.3) is 0 Å². The summed E-state index contributed by atoms with van der Waals surface area (Å²) in [6, 6.07) is 4.12. The standard InChI is InChI=1S/C21H27NO6/c1-5-13-15(16(20(23)27-4)11-28-21(13)24)9-17-14-10-19(26-3)18(25-2)8-12(14)6-7-22-17/h5,8,10-11,13,15,17,21-22,24H,1,6-7,9H2,2-4H3/p+1/t13-,15+,17+,21-/m1/s1. The number of benzene rings is 1. The van der Waals surface area contributed by atoms with E-state index in [1.807, 2.05) is 12.1 Å². The van der Waals surface area contributed by atoms with Crippen molar-refractivity contribution in [2.45, 2.75) is 25.2 Å². The fourth-order valence-corrected chi connectivity index (χ4v) is 4.17. The number of aliphatic hydroxyl groups is 1. The molecule has 0 aliphatic carbocycles. The Hall–Kier alpha value is -2.51. The first-order chi connectivity index (χ1) is 13.5. The van der Waals surface area contributed by atoms with Gasteiger partial charge in [0.2, 0.25) is 6.29 Å². The number of aliphatic hydroxyl groups excluding tert-OH is 1. The zero-order chi connectivity index (χ0) is 20.3. The van der Waals surface area contributed by atoms with Crippen molar-refractivity contribution < 1.29 is 34.2 Å². The minimum absolute atomic E-state index is 0.0920. The van der Waals surface area contributed by atoms with E-state index in [-0.39, 0.29) is 12.0 Å². The van der Waals surface area contributed by atoms with Gasteiger partial charge in [-0.25, -0.2) is 4.79 Å².